The molecule has 4 rings (SSSR count). The predicted octanol–water partition coefficient (Wildman–Crippen LogP) is 6.05. The van der Waals surface area contributed by atoms with Gasteiger partial charge in [-0.3, -0.25) is 0 Å². The van der Waals surface area contributed by atoms with Crippen molar-refractivity contribution in [1.29, 1.82) is 0 Å². The van der Waals surface area contributed by atoms with Gasteiger partial charge in [-0.2, -0.15) is 0 Å². The molecular formula is C25H30N2O. The zero-order valence-corrected chi connectivity index (χ0v) is 17.1. The van der Waals surface area contributed by atoms with Crippen molar-refractivity contribution in [1.82, 2.24) is 9.97 Å². The van der Waals surface area contributed by atoms with Gasteiger partial charge in [-0.15, -0.1) is 0 Å². The third-order valence-electron chi connectivity index (χ3n) is 6.39. The first-order chi connectivity index (χ1) is 13.4. The number of aromatic amines is 1. The molecule has 0 spiro atoms. The molecule has 1 atom stereocenters. The van der Waals surface area contributed by atoms with Crippen molar-refractivity contribution >= 4 is 16.6 Å². The number of rotatable bonds is 5. The molecule has 3 aromatic rings. The summed E-state index contributed by atoms with van der Waals surface area (Å²) in [7, 11) is 0. The van der Waals surface area contributed by atoms with Crippen molar-refractivity contribution in [3.63, 3.8) is 0 Å². The molecule has 0 amide bonds. The molecule has 28 heavy (non-hydrogen) atoms. The van der Waals surface area contributed by atoms with E-state index in [0.717, 1.165) is 22.3 Å². The molecule has 0 radical (unpaired) electrons. The minimum atomic E-state index is -0.821. The lowest BCUT2D eigenvalue weighted by atomic mass is 9.84. The maximum absolute atomic E-state index is 10.8. The third-order valence-corrected chi connectivity index (χ3v) is 6.39. The summed E-state index contributed by atoms with van der Waals surface area (Å²) in [5, 5.41) is 11.9. The molecule has 1 aliphatic carbocycles. The van der Waals surface area contributed by atoms with Crippen LogP contribution >= 0.6 is 0 Å². The second kappa shape index (κ2) is 7.56. The first kappa shape index (κ1) is 18.9. The number of allylic oxidation sites excluding steroid dienone is 1. The Morgan fingerprint density at radius 1 is 1.18 bits per heavy atom. The van der Waals surface area contributed by atoms with E-state index in [2.05, 4.69) is 66.3 Å². The average molecular weight is 375 g/mol. The Balaban J connectivity index is 1.75. The largest absolute Gasteiger partial charge is 0.385 e. The third kappa shape index (κ3) is 3.64. The molecule has 2 N–H and O–H groups in total. The predicted molar refractivity (Wildman–Crippen MR) is 116 cm³/mol. The van der Waals surface area contributed by atoms with Crippen LogP contribution in [0.2, 0.25) is 0 Å². The van der Waals surface area contributed by atoms with Crippen molar-refractivity contribution < 1.29 is 5.11 Å². The maximum Gasteiger partial charge on any atom is 0.137 e. The number of fused-ring (bicyclic) bond motifs is 1. The van der Waals surface area contributed by atoms with Crippen molar-refractivity contribution in [2.24, 2.45) is 11.8 Å². The van der Waals surface area contributed by atoms with Gasteiger partial charge in [-0.05, 0) is 60.9 Å². The highest BCUT2D eigenvalue weighted by Gasteiger charge is 2.27. The molecule has 0 saturated heterocycles. The zero-order chi connectivity index (χ0) is 19.7. The van der Waals surface area contributed by atoms with E-state index in [0.29, 0.717) is 5.92 Å². The molecule has 1 unspecified atom stereocenters. The summed E-state index contributed by atoms with van der Waals surface area (Å²) in [4.78, 5) is 7.96. The lowest BCUT2D eigenvalue weighted by molar-refractivity contribution is 0.00905. The minimum Gasteiger partial charge on any atom is -0.385 e. The second-order valence-electron chi connectivity index (χ2n) is 8.63. The van der Waals surface area contributed by atoms with Gasteiger partial charge >= 0.3 is 0 Å². The van der Waals surface area contributed by atoms with Gasteiger partial charge in [-0.25, -0.2) is 4.98 Å². The summed E-state index contributed by atoms with van der Waals surface area (Å²) >= 11 is 0. The van der Waals surface area contributed by atoms with Crippen molar-refractivity contribution in [3.8, 4) is 0 Å². The van der Waals surface area contributed by atoms with Gasteiger partial charge < -0.3 is 10.1 Å². The SMILES string of the molecule is CC(C)C(C)(O)c1ccc(/C(=C/C2CCCC2)c2cc3cccnc3[nH]2)cc1. The fraction of sp³-hybridized carbons (Fsp3) is 0.400. The minimum absolute atomic E-state index is 0.159. The molecule has 0 bridgehead atoms. The number of nitrogens with zero attached hydrogens (tertiary/aromatic N) is 1. The van der Waals surface area contributed by atoms with Crippen LogP contribution in [0.3, 0.4) is 0 Å². The van der Waals surface area contributed by atoms with Gasteiger partial charge in [0.15, 0.2) is 0 Å². The van der Waals surface area contributed by atoms with Crippen LogP contribution in [0.1, 0.15) is 63.3 Å². The number of benzene rings is 1. The fourth-order valence-corrected chi connectivity index (χ4v) is 4.12. The molecule has 3 nitrogen and oxygen atoms in total. The molecule has 0 aliphatic heterocycles. The highest BCUT2D eigenvalue weighted by molar-refractivity contribution is 5.86. The van der Waals surface area contributed by atoms with Crippen molar-refractivity contribution in [3.05, 3.63) is 71.6 Å². The smallest absolute Gasteiger partial charge is 0.137 e. The van der Waals surface area contributed by atoms with E-state index >= 15 is 0 Å². The quantitative estimate of drug-likeness (QED) is 0.571. The van der Waals surface area contributed by atoms with Gasteiger partial charge in [0, 0.05) is 22.9 Å². The monoisotopic (exact) mass is 374 g/mol. The summed E-state index contributed by atoms with van der Waals surface area (Å²) in [5.74, 6) is 0.791. The first-order valence-electron chi connectivity index (χ1n) is 10.4. The Hall–Kier alpha value is -2.39. The zero-order valence-electron chi connectivity index (χ0n) is 17.1. The van der Waals surface area contributed by atoms with E-state index in [-0.39, 0.29) is 5.92 Å². The fourth-order valence-electron chi connectivity index (χ4n) is 4.12. The molecular weight excluding hydrogens is 344 g/mol. The van der Waals surface area contributed by atoms with E-state index in [1.54, 1.807) is 0 Å². The lowest BCUT2D eigenvalue weighted by Gasteiger charge is -2.28. The van der Waals surface area contributed by atoms with Gasteiger partial charge in [0.1, 0.15) is 5.65 Å². The molecule has 1 fully saturated rings. The van der Waals surface area contributed by atoms with Crippen LogP contribution in [0.4, 0.5) is 0 Å². The molecule has 2 aromatic heterocycles. The van der Waals surface area contributed by atoms with Gasteiger partial charge in [-0.1, -0.05) is 57.0 Å². The number of hydrogen-bond acceptors (Lipinski definition) is 2. The van der Waals surface area contributed by atoms with Gasteiger partial charge in [0.2, 0.25) is 0 Å². The molecule has 1 aromatic carbocycles. The second-order valence-corrected chi connectivity index (χ2v) is 8.63. The van der Waals surface area contributed by atoms with Gasteiger partial charge in [0.05, 0.1) is 5.60 Å². The Morgan fingerprint density at radius 3 is 2.54 bits per heavy atom. The van der Waals surface area contributed by atoms with Crippen LogP contribution in [-0.2, 0) is 5.60 Å². The normalized spacial score (nSPS) is 18.1. The summed E-state index contributed by atoms with van der Waals surface area (Å²) in [6.45, 7) is 6.00. The van der Waals surface area contributed by atoms with Gasteiger partial charge in [0.25, 0.3) is 0 Å². The van der Waals surface area contributed by atoms with Crippen LogP contribution in [0, 0.1) is 11.8 Å². The van der Waals surface area contributed by atoms with Crippen LogP contribution in [0.25, 0.3) is 16.6 Å². The summed E-state index contributed by atoms with van der Waals surface area (Å²) in [5.41, 5.74) is 4.60. The van der Waals surface area contributed by atoms with Crippen molar-refractivity contribution in [2.75, 3.05) is 0 Å². The van der Waals surface area contributed by atoms with E-state index < -0.39 is 5.60 Å². The number of H-pyrrole nitrogens is 1. The molecule has 1 aliphatic rings. The summed E-state index contributed by atoms with van der Waals surface area (Å²) in [6.07, 6.45) is 9.43. The summed E-state index contributed by atoms with van der Waals surface area (Å²) in [6, 6.07) is 14.7. The van der Waals surface area contributed by atoms with Crippen LogP contribution < -0.4 is 0 Å². The van der Waals surface area contributed by atoms with Crippen molar-refractivity contribution in [2.45, 2.75) is 52.1 Å². The Labute approximate surface area is 167 Å². The van der Waals surface area contributed by atoms with E-state index in [9.17, 15) is 5.11 Å². The van der Waals surface area contributed by atoms with E-state index in [1.165, 1.54) is 36.8 Å². The molecule has 3 heteroatoms. The number of aromatic nitrogens is 2. The number of aliphatic hydroxyl groups is 1. The van der Waals surface area contributed by atoms with Crippen LogP contribution in [0.5, 0.6) is 0 Å². The Kier molecular flexibility index (Phi) is 5.11. The topological polar surface area (TPSA) is 48.9 Å². The van der Waals surface area contributed by atoms with E-state index in [1.807, 2.05) is 19.2 Å². The maximum atomic E-state index is 10.8. The van der Waals surface area contributed by atoms with E-state index in [4.69, 9.17) is 0 Å². The number of nitrogens with one attached hydrogen (secondary N) is 1. The number of pyridine rings is 1. The highest BCUT2D eigenvalue weighted by Crippen LogP contribution is 2.34. The standard InChI is InChI=1S/C25H30N2O/c1-17(2)25(3,28)21-12-10-19(11-13-21)22(15-18-7-4-5-8-18)23-16-20-9-6-14-26-24(20)27-23/h6,9-18,28H,4-5,7-8H2,1-3H3,(H,26,27)/b22-15-. The van der Waals surface area contributed by atoms with Crippen LogP contribution in [-0.4, -0.2) is 15.1 Å². The highest BCUT2D eigenvalue weighted by atomic mass is 16.3. The Morgan fingerprint density at radius 2 is 1.89 bits per heavy atom. The number of hydrogen-bond donors (Lipinski definition) is 2. The lowest BCUT2D eigenvalue weighted by Crippen LogP contribution is -2.27. The molecule has 1 saturated carbocycles. The Bertz CT molecular complexity index is 940. The average Bonchev–Trinajstić information content (AvgIpc) is 3.35. The first-order valence-corrected chi connectivity index (χ1v) is 10.4. The summed E-state index contributed by atoms with van der Waals surface area (Å²) < 4.78 is 0. The molecule has 2 heterocycles. The van der Waals surface area contributed by atoms with Crippen LogP contribution in [0.15, 0.2) is 54.7 Å². The molecule has 146 valence electrons.